The van der Waals surface area contributed by atoms with Crippen LogP contribution in [0.5, 0.6) is 5.75 Å². The van der Waals surface area contributed by atoms with Gasteiger partial charge in [-0.05, 0) is 67.4 Å². The molecule has 0 unspecified atom stereocenters. The van der Waals surface area contributed by atoms with Gasteiger partial charge >= 0.3 is 0 Å². The first-order valence-corrected chi connectivity index (χ1v) is 17.1. The number of anilines is 1. The van der Waals surface area contributed by atoms with Gasteiger partial charge in [0.25, 0.3) is 0 Å². The lowest BCUT2D eigenvalue weighted by molar-refractivity contribution is 0.183. The molecular weight excluding hydrogens is 492 g/mol. The molecule has 198 valence electrons. The second kappa shape index (κ2) is 12.3. The second-order valence-corrected chi connectivity index (χ2v) is 15.8. The molecule has 0 fully saturated rings. The molecule has 0 aliphatic heterocycles. The van der Waals surface area contributed by atoms with Crippen LogP contribution in [0.1, 0.15) is 43.8 Å². The van der Waals surface area contributed by atoms with Crippen LogP contribution in [0.3, 0.4) is 0 Å². The van der Waals surface area contributed by atoms with Crippen molar-refractivity contribution in [2.75, 3.05) is 30.7 Å². The summed E-state index contributed by atoms with van der Waals surface area (Å²) in [6, 6.07) is 16.5. The Morgan fingerprint density at radius 2 is 1.75 bits per heavy atom. The maximum Gasteiger partial charge on any atom is 0.229 e. The normalized spacial score (nSPS) is 13.2. The average molecular weight is 533 g/mol. The molecular formula is C27H40N2O5SSi. The number of rotatable bonds is 14. The molecule has 0 radical (unpaired) electrons. The Bertz CT molecular complexity index is 1250. The summed E-state index contributed by atoms with van der Waals surface area (Å²) in [6.07, 6.45) is 0.980. The lowest BCUT2D eigenvalue weighted by Gasteiger charge is -2.34. The molecule has 9 heteroatoms. The van der Waals surface area contributed by atoms with Crippen molar-refractivity contribution in [3.8, 4) is 5.75 Å². The first kappa shape index (κ1) is 28.2. The molecule has 36 heavy (non-hydrogen) atoms. The quantitative estimate of drug-likeness (QED) is 0.191. The zero-order valence-electron chi connectivity index (χ0n) is 22.3. The fourth-order valence-electron chi connectivity index (χ4n) is 4.44. The Labute approximate surface area is 216 Å². The Kier molecular flexibility index (Phi) is 9.63. The number of hydrogen-bond acceptors (Lipinski definition) is 6. The molecule has 0 aliphatic carbocycles. The minimum Gasteiger partial charge on any atom is -0.492 e. The summed E-state index contributed by atoms with van der Waals surface area (Å²) < 4.78 is 44.6. The predicted octanol–water partition coefficient (Wildman–Crippen LogP) is 6.15. The zero-order chi connectivity index (χ0) is 26.3. The summed E-state index contributed by atoms with van der Waals surface area (Å²) in [5, 5.41) is 4.59. The lowest BCUT2D eigenvalue weighted by atomic mass is 10.1. The van der Waals surface area contributed by atoms with Gasteiger partial charge in [-0.25, -0.2) is 8.42 Å². The summed E-state index contributed by atoms with van der Waals surface area (Å²) >= 11 is 0. The fourth-order valence-corrected chi connectivity index (χ4v) is 7.82. The third-order valence-corrected chi connectivity index (χ3v) is 12.2. The number of sulfonamides is 1. The van der Waals surface area contributed by atoms with Gasteiger partial charge in [0.15, 0.2) is 8.32 Å². The van der Waals surface area contributed by atoms with E-state index in [9.17, 15) is 8.42 Å². The van der Waals surface area contributed by atoms with Crippen LogP contribution >= 0.6 is 0 Å². The van der Waals surface area contributed by atoms with Crippen molar-refractivity contribution in [3.05, 3.63) is 59.4 Å². The molecule has 0 aliphatic rings. The standard InChI is InChI=1S/C27H40N2O5SSi/c1-7-36(8-2,9-3)34-27(22-11-10-12-23(17-22)29-35(6,30)31)19-28-15-16-32-24-13-14-25-20(4)21(5)33-26(25)18-24/h10-14,17-18,27-29H,7-9,15-16,19H2,1-6H3/t27-/m0/s1. The van der Waals surface area contributed by atoms with Gasteiger partial charge in [0.1, 0.15) is 23.7 Å². The maximum atomic E-state index is 11.7. The first-order valence-electron chi connectivity index (χ1n) is 12.7. The smallest absolute Gasteiger partial charge is 0.229 e. The van der Waals surface area contributed by atoms with E-state index < -0.39 is 18.3 Å². The van der Waals surface area contributed by atoms with E-state index in [1.54, 1.807) is 6.07 Å². The summed E-state index contributed by atoms with van der Waals surface area (Å²) in [5.41, 5.74) is 3.50. The average Bonchev–Trinajstić information content (AvgIpc) is 3.13. The van der Waals surface area contributed by atoms with Crippen LogP contribution in [0.15, 0.2) is 46.9 Å². The number of benzene rings is 2. The summed E-state index contributed by atoms with van der Waals surface area (Å²) in [4.78, 5) is 0. The zero-order valence-corrected chi connectivity index (χ0v) is 24.1. The van der Waals surface area contributed by atoms with E-state index in [2.05, 4.69) is 37.7 Å². The van der Waals surface area contributed by atoms with Gasteiger partial charge in [-0.2, -0.15) is 0 Å². The molecule has 0 saturated carbocycles. The second-order valence-electron chi connectivity index (χ2n) is 9.34. The highest BCUT2D eigenvalue weighted by molar-refractivity contribution is 7.92. The number of nitrogens with one attached hydrogen (secondary N) is 2. The van der Waals surface area contributed by atoms with Gasteiger partial charge in [0, 0.05) is 30.2 Å². The highest BCUT2D eigenvalue weighted by atomic mass is 32.2. The van der Waals surface area contributed by atoms with Crippen LogP contribution in [-0.4, -0.2) is 42.7 Å². The molecule has 1 heterocycles. The Morgan fingerprint density at radius 1 is 1.03 bits per heavy atom. The number of hydrogen-bond donors (Lipinski definition) is 2. The van der Waals surface area contributed by atoms with E-state index in [0.29, 0.717) is 25.4 Å². The molecule has 0 saturated heterocycles. The highest BCUT2D eigenvalue weighted by Crippen LogP contribution is 2.31. The topological polar surface area (TPSA) is 89.8 Å². The van der Waals surface area contributed by atoms with E-state index in [4.69, 9.17) is 13.6 Å². The first-order chi connectivity index (χ1) is 17.1. The minimum absolute atomic E-state index is 0.178. The molecule has 1 atom stereocenters. The van der Waals surface area contributed by atoms with Gasteiger partial charge < -0.3 is 18.9 Å². The van der Waals surface area contributed by atoms with Crippen LogP contribution in [-0.2, 0) is 14.4 Å². The molecule has 1 aromatic heterocycles. The molecule has 3 aromatic rings. The Morgan fingerprint density at radius 3 is 2.42 bits per heavy atom. The third-order valence-electron chi connectivity index (χ3n) is 6.91. The monoisotopic (exact) mass is 532 g/mol. The van der Waals surface area contributed by atoms with Crippen molar-refractivity contribution >= 4 is 35.0 Å². The van der Waals surface area contributed by atoms with Gasteiger partial charge in [0.2, 0.25) is 10.0 Å². The van der Waals surface area contributed by atoms with Crippen LogP contribution in [0.4, 0.5) is 5.69 Å². The van der Waals surface area contributed by atoms with Crippen molar-refractivity contribution in [2.45, 2.75) is 58.9 Å². The van der Waals surface area contributed by atoms with Crippen molar-refractivity contribution < 1.29 is 22.0 Å². The summed E-state index contributed by atoms with van der Waals surface area (Å²) in [6.45, 7) is 12.4. The number of furan rings is 1. The Hall–Kier alpha value is -2.33. The van der Waals surface area contributed by atoms with Crippen molar-refractivity contribution in [1.29, 1.82) is 0 Å². The van der Waals surface area contributed by atoms with Gasteiger partial charge in [-0.3, -0.25) is 4.72 Å². The maximum absolute atomic E-state index is 11.7. The molecule has 3 rings (SSSR count). The third kappa shape index (κ3) is 7.35. The van der Waals surface area contributed by atoms with E-state index in [1.165, 1.54) is 0 Å². The highest BCUT2D eigenvalue weighted by Gasteiger charge is 2.32. The number of aryl methyl sites for hydroxylation is 2. The molecule has 0 amide bonds. The van der Waals surface area contributed by atoms with Gasteiger partial charge in [-0.15, -0.1) is 0 Å². The van der Waals surface area contributed by atoms with E-state index in [1.807, 2.05) is 43.3 Å². The van der Waals surface area contributed by atoms with Crippen LogP contribution < -0.4 is 14.8 Å². The van der Waals surface area contributed by atoms with Crippen LogP contribution in [0.25, 0.3) is 11.0 Å². The summed E-state index contributed by atoms with van der Waals surface area (Å²) in [7, 11) is -5.25. The molecule has 2 aromatic carbocycles. The lowest BCUT2D eigenvalue weighted by Crippen LogP contribution is -2.40. The van der Waals surface area contributed by atoms with Crippen molar-refractivity contribution in [1.82, 2.24) is 5.32 Å². The van der Waals surface area contributed by atoms with E-state index >= 15 is 0 Å². The largest absolute Gasteiger partial charge is 0.492 e. The van der Waals surface area contributed by atoms with Crippen molar-refractivity contribution in [3.63, 3.8) is 0 Å². The fraction of sp³-hybridized carbons (Fsp3) is 0.481. The van der Waals surface area contributed by atoms with Gasteiger partial charge in [0.05, 0.1) is 12.4 Å². The Balaban J connectivity index is 1.66. The SMILES string of the molecule is CC[Si](CC)(CC)O[C@@H](CNCCOc1ccc2c(C)c(C)oc2c1)c1cccc(NS(C)(=O)=O)c1. The predicted molar refractivity (Wildman–Crippen MR) is 150 cm³/mol. The summed E-state index contributed by atoms with van der Waals surface area (Å²) in [5.74, 6) is 1.70. The minimum atomic E-state index is -3.36. The van der Waals surface area contributed by atoms with E-state index in [0.717, 1.165) is 58.0 Å². The molecule has 7 nitrogen and oxygen atoms in total. The van der Waals surface area contributed by atoms with Gasteiger partial charge in [-0.1, -0.05) is 32.9 Å². The number of ether oxygens (including phenoxy) is 1. The number of fused-ring (bicyclic) bond motifs is 1. The van der Waals surface area contributed by atoms with Crippen molar-refractivity contribution in [2.24, 2.45) is 0 Å². The van der Waals surface area contributed by atoms with Crippen LogP contribution in [0, 0.1) is 13.8 Å². The molecule has 0 spiro atoms. The molecule has 0 bridgehead atoms. The van der Waals surface area contributed by atoms with Crippen LogP contribution in [0.2, 0.25) is 18.1 Å². The molecule has 2 N–H and O–H groups in total. The van der Waals surface area contributed by atoms with E-state index in [-0.39, 0.29) is 6.10 Å².